The molecule has 0 amide bonds. The van der Waals surface area contributed by atoms with E-state index in [9.17, 15) is 4.79 Å². The van der Waals surface area contributed by atoms with Crippen molar-refractivity contribution in [3.8, 4) is 0 Å². The summed E-state index contributed by atoms with van der Waals surface area (Å²) in [5, 5.41) is 0. The first-order chi connectivity index (χ1) is 5.29. The Hall–Kier alpha value is -0.660. The number of carbonyl (C=O) groups is 1. The van der Waals surface area contributed by atoms with E-state index < -0.39 is 0 Å². The van der Waals surface area contributed by atoms with Gasteiger partial charge in [-0.25, -0.2) is 4.58 Å². The standard InChI is InChI=1S/C9H14NO/c1-10-6-5-7-3-2-4-8(11)9(7)10/h6-7,9H,2-5H2,1H3/q+1/t7-,9+/m0/s1. The van der Waals surface area contributed by atoms with Crippen molar-refractivity contribution < 1.29 is 9.37 Å². The van der Waals surface area contributed by atoms with Crippen LogP contribution in [0.15, 0.2) is 0 Å². The fraction of sp³-hybridized carbons (Fsp3) is 0.778. The van der Waals surface area contributed by atoms with Gasteiger partial charge in [-0.05, 0) is 12.8 Å². The number of ketones is 1. The number of Topliss-reactive ketones (excluding diaryl/α,β-unsaturated/α-hetero) is 1. The van der Waals surface area contributed by atoms with E-state index in [4.69, 9.17) is 0 Å². The predicted molar refractivity (Wildman–Crippen MR) is 43.0 cm³/mol. The largest absolute Gasteiger partial charge is 0.292 e. The van der Waals surface area contributed by atoms with Gasteiger partial charge in [0, 0.05) is 18.8 Å². The Morgan fingerprint density at radius 1 is 1.64 bits per heavy atom. The second-order valence-corrected chi connectivity index (χ2v) is 3.65. The maximum atomic E-state index is 11.4. The molecule has 1 fully saturated rings. The maximum Gasteiger partial charge on any atom is 0.213 e. The number of hydrogen-bond donors (Lipinski definition) is 0. The second-order valence-electron chi connectivity index (χ2n) is 3.65. The van der Waals surface area contributed by atoms with Crippen LogP contribution in [0.4, 0.5) is 0 Å². The first-order valence-electron chi connectivity index (χ1n) is 4.37. The zero-order valence-corrected chi connectivity index (χ0v) is 6.92. The molecule has 60 valence electrons. The fourth-order valence-electron chi connectivity index (χ4n) is 2.33. The average Bonchev–Trinajstić information content (AvgIpc) is 2.34. The Labute approximate surface area is 66.9 Å². The molecule has 1 heterocycles. The molecule has 0 radical (unpaired) electrons. The fourth-order valence-corrected chi connectivity index (χ4v) is 2.33. The number of hydrogen-bond acceptors (Lipinski definition) is 1. The van der Waals surface area contributed by atoms with Crippen LogP contribution in [0, 0.1) is 5.92 Å². The summed E-state index contributed by atoms with van der Waals surface area (Å²) in [6.45, 7) is 0. The van der Waals surface area contributed by atoms with Crippen LogP contribution < -0.4 is 0 Å². The van der Waals surface area contributed by atoms with Crippen molar-refractivity contribution in [3.63, 3.8) is 0 Å². The SMILES string of the molecule is C[N+]1=CC[C@@H]2CCCC(=O)[C@@H]21. The van der Waals surface area contributed by atoms with Crippen molar-refractivity contribution in [3.05, 3.63) is 0 Å². The Morgan fingerprint density at radius 2 is 2.45 bits per heavy atom. The van der Waals surface area contributed by atoms with E-state index in [1.807, 2.05) is 7.05 Å². The summed E-state index contributed by atoms with van der Waals surface area (Å²) in [7, 11) is 2.02. The van der Waals surface area contributed by atoms with E-state index in [1.165, 1.54) is 6.42 Å². The molecule has 0 aromatic carbocycles. The van der Waals surface area contributed by atoms with Gasteiger partial charge in [0.05, 0.1) is 0 Å². The average molecular weight is 152 g/mol. The van der Waals surface area contributed by atoms with Crippen LogP contribution in [0.5, 0.6) is 0 Å². The number of likely N-dealkylation sites (N-methyl/N-ethyl adjacent to an activating group) is 1. The summed E-state index contributed by atoms with van der Waals surface area (Å²) in [5.41, 5.74) is 0. The van der Waals surface area contributed by atoms with Crippen LogP contribution in [-0.4, -0.2) is 29.7 Å². The van der Waals surface area contributed by atoms with Crippen LogP contribution in [0.3, 0.4) is 0 Å². The summed E-state index contributed by atoms with van der Waals surface area (Å²) in [6.07, 6.45) is 6.45. The first kappa shape index (κ1) is 7.01. The summed E-state index contributed by atoms with van der Waals surface area (Å²) in [5.74, 6) is 1.10. The molecule has 0 aromatic rings. The minimum atomic E-state index is 0.240. The Bertz CT molecular complexity index is 220. The molecule has 2 nitrogen and oxygen atoms in total. The van der Waals surface area contributed by atoms with Gasteiger partial charge in [-0.15, -0.1) is 0 Å². The molecule has 0 aromatic heterocycles. The predicted octanol–water partition coefficient (Wildman–Crippen LogP) is 0.841. The lowest BCUT2D eigenvalue weighted by molar-refractivity contribution is -0.518. The molecule has 0 spiro atoms. The molecule has 2 heteroatoms. The lowest BCUT2D eigenvalue weighted by atomic mass is 9.84. The maximum absolute atomic E-state index is 11.4. The summed E-state index contributed by atoms with van der Waals surface area (Å²) >= 11 is 0. The first-order valence-corrected chi connectivity index (χ1v) is 4.37. The van der Waals surface area contributed by atoms with Gasteiger partial charge in [-0.1, -0.05) is 0 Å². The van der Waals surface area contributed by atoms with Crippen molar-refractivity contribution in [2.45, 2.75) is 31.7 Å². The quantitative estimate of drug-likeness (QED) is 0.471. The minimum Gasteiger partial charge on any atom is -0.292 e. The lowest BCUT2D eigenvalue weighted by Crippen LogP contribution is -2.37. The van der Waals surface area contributed by atoms with E-state index in [-0.39, 0.29) is 6.04 Å². The third-order valence-electron chi connectivity index (χ3n) is 2.91. The van der Waals surface area contributed by atoms with Gasteiger partial charge >= 0.3 is 0 Å². The monoisotopic (exact) mass is 152 g/mol. The van der Waals surface area contributed by atoms with Crippen molar-refractivity contribution in [2.75, 3.05) is 7.05 Å². The molecule has 0 N–H and O–H groups in total. The van der Waals surface area contributed by atoms with Gasteiger partial charge in [-0.2, -0.15) is 0 Å². The molecule has 0 unspecified atom stereocenters. The molecule has 1 saturated carbocycles. The molecular formula is C9H14NO+. The van der Waals surface area contributed by atoms with Crippen LogP contribution >= 0.6 is 0 Å². The summed E-state index contributed by atoms with van der Waals surface area (Å²) in [4.78, 5) is 11.4. The number of rotatable bonds is 0. The number of nitrogens with zero attached hydrogens (tertiary/aromatic N) is 1. The van der Waals surface area contributed by atoms with Crippen LogP contribution in [-0.2, 0) is 4.79 Å². The van der Waals surface area contributed by atoms with Crippen LogP contribution in [0.1, 0.15) is 25.7 Å². The third kappa shape index (κ3) is 1.01. The molecule has 0 bridgehead atoms. The highest BCUT2D eigenvalue weighted by atomic mass is 16.1. The van der Waals surface area contributed by atoms with Gasteiger partial charge < -0.3 is 0 Å². The zero-order chi connectivity index (χ0) is 7.84. The molecule has 2 rings (SSSR count). The Balaban J connectivity index is 2.21. The summed E-state index contributed by atoms with van der Waals surface area (Å²) < 4.78 is 2.10. The van der Waals surface area contributed by atoms with E-state index in [0.29, 0.717) is 11.7 Å². The Kier molecular flexibility index (Phi) is 1.55. The van der Waals surface area contributed by atoms with Crippen molar-refractivity contribution in [1.82, 2.24) is 0 Å². The highest BCUT2D eigenvalue weighted by Crippen LogP contribution is 2.28. The van der Waals surface area contributed by atoms with Gasteiger partial charge in [-0.3, -0.25) is 4.79 Å². The lowest BCUT2D eigenvalue weighted by Gasteiger charge is -2.20. The van der Waals surface area contributed by atoms with Gasteiger partial charge in [0.2, 0.25) is 6.04 Å². The molecule has 2 aliphatic rings. The number of carbonyl (C=O) groups excluding carboxylic acids is 1. The molecule has 1 aliphatic carbocycles. The normalized spacial score (nSPS) is 36.8. The second kappa shape index (κ2) is 2.43. The summed E-state index contributed by atoms with van der Waals surface area (Å²) in [6, 6.07) is 0.240. The molecule has 2 atom stereocenters. The van der Waals surface area contributed by atoms with Crippen molar-refractivity contribution in [2.24, 2.45) is 5.92 Å². The third-order valence-corrected chi connectivity index (χ3v) is 2.91. The van der Waals surface area contributed by atoms with Crippen LogP contribution in [0.2, 0.25) is 0 Å². The van der Waals surface area contributed by atoms with Gasteiger partial charge in [0.1, 0.15) is 13.3 Å². The van der Waals surface area contributed by atoms with Gasteiger partial charge in [0.15, 0.2) is 5.78 Å². The molecular weight excluding hydrogens is 138 g/mol. The van der Waals surface area contributed by atoms with Crippen molar-refractivity contribution in [1.29, 1.82) is 0 Å². The topological polar surface area (TPSA) is 20.1 Å². The molecule has 1 aliphatic heterocycles. The highest BCUT2D eigenvalue weighted by molar-refractivity contribution is 5.85. The van der Waals surface area contributed by atoms with Crippen LogP contribution in [0.25, 0.3) is 0 Å². The van der Waals surface area contributed by atoms with E-state index in [0.717, 1.165) is 19.3 Å². The van der Waals surface area contributed by atoms with E-state index in [2.05, 4.69) is 10.8 Å². The van der Waals surface area contributed by atoms with E-state index in [1.54, 1.807) is 0 Å². The Morgan fingerprint density at radius 3 is 3.18 bits per heavy atom. The minimum absolute atomic E-state index is 0.240. The molecule has 0 saturated heterocycles. The number of fused-ring (bicyclic) bond motifs is 1. The highest BCUT2D eigenvalue weighted by Gasteiger charge is 2.41. The van der Waals surface area contributed by atoms with Gasteiger partial charge in [0.25, 0.3) is 0 Å². The van der Waals surface area contributed by atoms with Crippen molar-refractivity contribution >= 4 is 12.0 Å². The van der Waals surface area contributed by atoms with E-state index >= 15 is 0 Å². The molecule has 11 heavy (non-hydrogen) atoms. The smallest absolute Gasteiger partial charge is 0.213 e. The zero-order valence-electron chi connectivity index (χ0n) is 6.92.